The van der Waals surface area contributed by atoms with Crippen molar-refractivity contribution in [3.8, 4) is 0 Å². The molecular weight excluding hydrogens is 393 g/mol. The second-order valence-corrected chi connectivity index (χ2v) is 8.24. The molecule has 140 valence electrons. The monoisotopic (exact) mass is 409 g/mol. The summed E-state index contributed by atoms with van der Waals surface area (Å²) in [6.07, 6.45) is 2.41. The van der Waals surface area contributed by atoms with Crippen LogP contribution in [0.3, 0.4) is 0 Å². The van der Waals surface area contributed by atoms with E-state index in [0.717, 1.165) is 16.8 Å². The molecule has 5 rings (SSSR count). The number of halogens is 2. The van der Waals surface area contributed by atoms with E-state index in [2.05, 4.69) is 17.1 Å². The highest BCUT2D eigenvalue weighted by Gasteiger charge is 2.68. The van der Waals surface area contributed by atoms with Gasteiger partial charge in [-0.05, 0) is 41.3 Å². The molecule has 0 unspecified atom stereocenters. The molecule has 0 spiro atoms. The quantitative estimate of drug-likeness (QED) is 0.518. The van der Waals surface area contributed by atoms with Crippen LogP contribution >= 0.6 is 23.2 Å². The number of rotatable bonds is 3. The summed E-state index contributed by atoms with van der Waals surface area (Å²) in [6.45, 7) is 0. The molecule has 2 aliphatic rings. The number of fused-ring (bicyclic) bond motifs is 1. The number of carbonyl (C=O) groups is 1. The van der Waals surface area contributed by atoms with E-state index in [-0.39, 0.29) is 23.7 Å². The zero-order valence-corrected chi connectivity index (χ0v) is 16.4. The van der Waals surface area contributed by atoms with Gasteiger partial charge < -0.3 is 4.74 Å². The average Bonchev–Trinajstić information content (AvgIpc) is 3.01. The Bertz CT molecular complexity index is 1040. The molecule has 0 bridgehead atoms. The minimum absolute atomic E-state index is 0.0123. The Balaban J connectivity index is 1.67. The molecule has 3 nitrogen and oxygen atoms in total. The van der Waals surface area contributed by atoms with E-state index >= 15 is 0 Å². The Labute approximate surface area is 173 Å². The number of hydrogen-bond donors (Lipinski definition) is 0. The van der Waals surface area contributed by atoms with Gasteiger partial charge in [-0.25, -0.2) is 0 Å². The van der Waals surface area contributed by atoms with Crippen molar-refractivity contribution in [3.05, 3.63) is 99.8 Å². The van der Waals surface area contributed by atoms with Gasteiger partial charge in [0.1, 0.15) is 5.92 Å². The first kappa shape index (κ1) is 17.7. The Hall–Kier alpha value is -2.36. The molecule has 1 aliphatic heterocycles. The van der Waals surface area contributed by atoms with Gasteiger partial charge in [0.25, 0.3) is 0 Å². The van der Waals surface area contributed by atoms with Crippen molar-refractivity contribution in [2.45, 2.75) is 23.9 Å². The van der Waals surface area contributed by atoms with Crippen LogP contribution < -0.4 is 0 Å². The van der Waals surface area contributed by atoms with Crippen LogP contribution in [0.15, 0.2) is 72.9 Å². The summed E-state index contributed by atoms with van der Waals surface area (Å²) in [5.74, 6) is -0.386. The summed E-state index contributed by atoms with van der Waals surface area (Å²) in [5, 5.41) is 1.04. The predicted octanol–water partition coefficient (Wildman–Crippen LogP) is 5.73. The standard InChI is InChI=1S/C23H17Cl2NO2/c24-17-10-9-15(12-18(17)25)16-13-23(19-8-4-5-11-26-19)21(22(27)28-23)20(16)14-6-2-1-3-7-14/h1-12,16,20-21H,13H2/t16-,20-,21+,23-/m1/s1. The van der Waals surface area contributed by atoms with E-state index in [1.165, 1.54) is 0 Å². The summed E-state index contributed by atoms with van der Waals surface area (Å²) >= 11 is 12.4. The second-order valence-electron chi connectivity index (χ2n) is 7.42. The highest BCUT2D eigenvalue weighted by molar-refractivity contribution is 6.42. The Morgan fingerprint density at radius 1 is 0.929 bits per heavy atom. The fourth-order valence-electron chi connectivity index (χ4n) is 4.83. The van der Waals surface area contributed by atoms with Crippen molar-refractivity contribution in [1.29, 1.82) is 0 Å². The Morgan fingerprint density at radius 3 is 2.39 bits per heavy atom. The molecule has 0 N–H and O–H groups in total. The van der Waals surface area contributed by atoms with Crippen molar-refractivity contribution in [2.75, 3.05) is 0 Å². The van der Waals surface area contributed by atoms with Crippen LogP contribution in [-0.4, -0.2) is 11.0 Å². The van der Waals surface area contributed by atoms with Crippen molar-refractivity contribution in [1.82, 2.24) is 4.98 Å². The normalized spacial score (nSPS) is 28.4. The van der Waals surface area contributed by atoms with Crippen LogP contribution in [-0.2, 0) is 15.1 Å². The number of nitrogens with zero attached hydrogens (tertiary/aromatic N) is 1. The molecule has 2 aromatic carbocycles. The van der Waals surface area contributed by atoms with E-state index in [0.29, 0.717) is 16.5 Å². The van der Waals surface area contributed by atoms with Crippen molar-refractivity contribution < 1.29 is 9.53 Å². The van der Waals surface area contributed by atoms with Gasteiger partial charge in [0.2, 0.25) is 0 Å². The van der Waals surface area contributed by atoms with E-state index in [1.807, 2.05) is 54.6 Å². The highest BCUT2D eigenvalue weighted by atomic mass is 35.5. The van der Waals surface area contributed by atoms with Gasteiger partial charge in [0.05, 0.1) is 15.7 Å². The summed E-state index contributed by atoms with van der Waals surface area (Å²) < 4.78 is 5.83. The lowest BCUT2D eigenvalue weighted by atomic mass is 9.75. The molecule has 1 saturated heterocycles. The smallest absolute Gasteiger partial charge is 0.315 e. The van der Waals surface area contributed by atoms with Crippen LogP contribution in [0.1, 0.15) is 35.1 Å². The first-order chi connectivity index (χ1) is 13.6. The maximum absolute atomic E-state index is 12.7. The van der Waals surface area contributed by atoms with Crippen LogP contribution in [0.5, 0.6) is 0 Å². The molecule has 0 radical (unpaired) electrons. The molecule has 2 fully saturated rings. The number of esters is 1. The van der Waals surface area contributed by atoms with Crippen molar-refractivity contribution >= 4 is 29.2 Å². The third-order valence-corrected chi connectivity index (χ3v) is 6.75. The molecule has 4 atom stereocenters. The minimum atomic E-state index is -0.699. The lowest BCUT2D eigenvalue weighted by molar-refractivity contribution is -0.212. The molecule has 3 aromatic rings. The molecule has 5 heteroatoms. The number of hydrogen-bond acceptors (Lipinski definition) is 3. The maximum atomic E-state index is 12.7. The van der Waals surface area contributed by atoms with Gasteiger partial charge >= 0.3 is 5.97 Å². The predicted molar refractivity (Wildman–Crippen MR) is 109 cm³/mol. The number of aromatic nitrogens is 1. The minimum Gasteiger partial charge on any atom is -0.451 e. The van der Waals surface area contributed by atoms with E-state index in [4.69, 9.17) is 27.9 Å². The molecule has 1 saturated carbocycles. The average molecular weight is 410 g/mol. The first-order valence-corrected chi connectivity index (χ1v) is 10.00. The number of ether oxygens (including phenoxy) is 1. The maximum Gasteiger partial charge on any atom is 0.315 e. The molecule has 0 amide bonds. The van der Waals surface area contributed by atoms with Crippen molar-refractivity contribution in [2.24, 2.45) is 5.92 Å². The van der Waals surface area contributed by atoms with Gasteiger partial charge in [-0.3, -0.25) is 9.78 Å². The topological polar surface area (TPSA) is 39.2 Å². The SMILES string of the molecule is O=C1O[C@@]2(c3ccccn3)C[C@H](c3ccc(Cl)c(Cl)c3)[C@@H](c3ccccc3)[C@@H]12. The largest absolute Gasteiger partial charge is 0.451 e. The van der Waals surface area contributed by atoms with Crippen LogP contribution in [0, 0.1) is 5.92 Å². The number of benzene rings is 2. The van der Waals surface area contributed by atoms with Crippen LogP contribution in [0.2, 0.25) is 10.0 Å². The Morgan fingerprint density at radius 2 is 1.71 bits per heavy atom. The molecule has 1 aromatic heterocycles. The molecular formula is C23H17Cl2NO2. The fourth-order valence-corrected chi connectivity index (χ4v) is 5.13. The lowest BCUT2D eigenvalue weighted by Crippen LogP contribution is -2.53. The van der Waals surface area contributed by atoms with E-state index in [9.17, 15) is 4.79 Å². The van der Waals surface area contributed by atoms with Gasteiger partial charge in [0, 0.05) is 18.5 Å². The van der Waals surface area contributed by atoms with Crippen molar-refractivity contribution in [3.63, 3.8) is 0 Å². The van der Waals surface area contributed by atoms with E-state index < -0.39 is 5.60 Å². The number of pyridine rings is 1. The van der Waals surface area contributed by atoms with Gasteiger partial charge in [-0.1, -0.05) is 65.7 Å². The summed E-state index contributed by atoms with van der Waals surface area (Å²) in [4.78, 5) is 17.2. The fraction of sp³-hybridized carbons (Fsp3) is 0.217. The summed E-state index contributed by atoms with van der Waals surface area (Å²) in [6, 6.07) is 21.6. The third-order valence-electron chi connectivity index (χ3n) is 6.01. The summed E-state index contributed by atoms with van der Waals surface area (Å²) in [7, 11) is 0. The van der Waals surface area contributed by atoms with Gasteiger partial charge in [-0.15, -0.1) is 0 Å². The van der Waals surface area contributed by atoms with Crippen LogP contribution in [0.4, 0.5) is 0 Å². The first-order valence-electron chi connectivity index (χ1n) is 9.24. The third kappa shape index (κ3) is 2.57. The van der Waals surface area contributed by atoms with E-state index in [1.54, 1.807) is 6.20 Å². The second kappa shape index (κ2) is 6.61. The van der Waals surface area contributed by atoms with Gasteiger partial charge in [0.15, 0.2) is 5.60 Å². The lowest BCUT2D eigenvalue weighted by Gasteiger charge is -2.44. The van der Waals surface area contributed by atoms with Gasteiger partial charge in [-0.2, -0.15) is 0 Å². The highest BCUT2D eigenvalue weighted by Crippen LogP contribution is 2.65. The molecule has 28 heavy (non-hydrogen) atoms. The Kier molecular flexibility index (Phi) is 4.18. The number of carbonyl (C=O) groups excluding carboxylic acids is 1. The zero-order chi connectivity index (χ0) is 19.3. The van der Waals surface area contributed by atoms with Crippen LogP contribution in [0.25, 0.3) is 0 Å². The zero-order valence-electron chi connectivity index (χ0n) is 14.9. The summed E-state index contributed by atoms with van der Waals surface area (Å²) in [5.41, 5.74) is 2.29. The molecule has 2 heterocycles. The molecule has 1 aliphatic carbocycles.